The van der Waals surface area contributed by atoms with Crippen molar-refractivity contribution in [1.82, 2.24) is 5.32 Å². The molecule has 2 aromatic carbocycles. The lowest BCUT2D eigenvalue weighted by atomic mass is 10.0. The molecule has 1 aliphatic heterocycles. The first-order valence-electron chi connectivity index (χ1n) is 8.14. The highest BCUT2D eigenvalue weighted by molar-refractivity contribution is 8.15. The highest BCUT2D eigenvalue weighted by atomic mass is 32.2. The molecule has 2 unspecified atom stereocenters. The molecular formula is C19H18FNO4S. The van der Waals surface area contributed by atoms with Crippen molar-refractivity contribution >= 4 is 22.9 Å². The second-order valence-corrected chi connectivity index (χ2v) is 7.15. The molecule has 0 bridgehead atoms. The van der Waals surface area contributed by atoms with Gasteiger partial charge in [0.2, 0.25) is 5.91 Å². The van der Waals surface area contributed by atoms with Gasteiger partial charge in [-0.05, 0) is 41.8 Å². The molecule has 0 aliphatic carbocycles. The third kappa shape index (κ3) is 4.62. The fourth-order valence-electron chi connectivity index (χ4n) is 2.68. The maximum Gasteiger partial charge on any atom is 0.286 e. The molecule has 1 aliphatic rings. The highest BCUT2D eigenvalue weighted by Gasteiger charge is 2.31. The first kappa shape index (κ1) is 18.4. The molecule has 1 saturated heterocycles. The summed E-state index contributed by atoms with van der Waals surface area (Å²) in [6, 6.07) is 13.3. The number of amides is 2. The van der Waals surface area contributed by atoms with E-state index in [0.29, 0.717) is 17.7 Å². The second kappa shape index (κ2) is 8.33. The van der Waals surface area contributed by atoms with Crippen LogP contribution in [0.1, 0.15) is 17.0 Å². The number of aliphatic hydroxyl groups is 1. The van der Waals surface area contributed by atoms with Crippen LogP contribution in [0.15, 0.2) is 48.5 Å². The van der Waals surface area contributed by atoms with Gasteiger partial charge in [0.05, 0.1) is 18.5 Å². The van der Waals surface area contributed by atoms with Gasteiger partial charge in [-0.25, -0.2) is 4.39 Å². The third-order valence-corrected chi connectivity index (χ3v) is 5.08. The largest absolute Gasteiger partial charge is 0.493 e. The molecule has 0 radical (unpaired) electrons. The van der Waals surface area contributed by atoms with E-state index in [-0.39, 0.29) is 36.1 Å². The number of benzene rings is 2. The Morgan fingerprint density at radius 3 is 2.58 bits per heavy atom. The van der Waals surface area contributed by atoms with E-state index >= 15 is 0 Å². The van der Waals surface area contributed by atoms with Crippen LogP contribution < -0.4 is 10.1 Å². The number of carbonyl (C=O) groups is 2. The SMILES string of the molecule is O=C1NC(=O)C(Cc2ccc(OCC(CO)c3cccc(F)c3)cc2)S1. The van der Waals surface area contributed by atoms with Crippen molar-refractivity contribution in [3.05, 3.63) is 65.5 Å². The van der Waals surface area contributed by atoms with Crippen molar-refractivity contribution in [1.29, 1.82) is 0 Å². The lowest BCUT2D eigenvalue weighted by Crippen LogP contribution is -2.25. The average molecular weight is 375 g/mol. The lowest BCUT2D eigenvalue weighted by molar-refractivity contribution is -0.118. The van der Waals surface area contributed by atoms with Gasteiger partial charge >= 0.3 is 0 Å². The van der Waals surface area contributed by atoms with Crippen LogP contribution in [-0.2, 0) is 11.2 Å². The Morgan fingerprint density at radius 1 is 1.19 bits per heavy atom. The number of aliphatic hydroxyl groups excluding tert-OH is 1. The van der Waals surface area contributed by atoms with Crippen molar-refractivity contribution in [3.8, 4) is 5.75 Å². The van der Waals surface area contributed by atoms with Crippen molar-refractivity contribution in [3.63, 3.8) is 0 Å². The molecule has 1 heterocycles. The summed E-state index contributed by atoms with van der Waals surface area (Å²) in [5, 5.41) is 11.1. The summed E-state index contributed by atoms with van der Waals surface area (Å²) < 4.78 is 19.0. The van der Waals surface area contributed by atoms with Crippen LogP contribution in [0.2, 0.25) is 0 Å². The molecule has 0 spiro atoms. The van der Waals surface area contributed by atoms with Crippen LogP contribution in [0.5, 0.6) is 5.75 Å². The smallest absolute Gasteiger partial charge is 0.286 e. The first-order chi connectivity index (χ1) is 12.5. The zero-order chi connectivity index (χ0) is 18.5. The molecule has 5 nitrogen and oxygen atoms in total. The summed E-state index contributed by atoms with van der Waals surface area (Å²) in [5.74, 6) is -0.322. The molecule has 3 rings (SSSR count). The van der Waals surface area contributed by atoms with Gasteiger partial charge in [-0.1, -0.05) is 36.0 Å². The number of thioether (sulfide) groups is 1. The summed E-state index contributed by atoms with van der Waals surface area (Å²) in [7, 11) is 0. The number of imide groups is 1. The van der Waals surface area contributed by atoms with Gasteiger partial charge in [-0.2, -0.15) is 0 Å². The summed E-state index contributed by atoms with van der Waals surface area (Å²) in [6.07, 6.45) is 0.463. The molecule has 2 amide bonds. The zero-order valence-electron chi connectivity index (χ0n) is 13.9. The standard InChI is InChI=1S/C19H18FNO4S/c20-15-3-1-2-13(9-15)14(10-22)11-25-16-6-4-12(5-7-16)8-17-18(23)21-19(24)26-17/h1-7,9,14,17,22H,8,10-11H2,(H,21,23,24). The van der Waals surface area contributed by atoms with E-state index in [4.69, 9.17) is 4.74 Å². The predicted molar refractivity (Wildman–Crippen MR) is 96.8 cm³/mol. The van der Waals surface area contributed by atoms with E-state index in [1.165, 1.54) is 12.1 Å². The van der Waals surface area contributed by atoms with Crippen LogP contribution in [0, 0.1) is 5.82 Å². The van der Waals surface area contributed by atoms with E-state index in [9.17, 15) is 19.1 Å². The number of carbonyl (C=O) groups excluding carboxylic acids is 2. The molecule has 2 aromatic rings. The summed E-state index contributed by atoms with van der Waals surface area (Å²) >= 11 is 0.999. The van der Waals surface area contributed by atoms with E-state index in [1.54, 1.807) is 24.3 Å². The molecule has 2 atom stereocenters. The maximum absolute atomic E-state index is 13.3. The normalized spacial score (nSPS) is 17.8. The second-order valence-electron chi connectivity index (χ2n) is 5.98. The number of ether oxygens (including phenoxy) is 1. The Bertz CT molecular complexity index is 796. The van der Waals surface area contributed by atoms with Crippen LogP contribution in [0.3, 0.4) is 0 Å². The molecule has 2 N–H and O–H groups in total. The number of rotatable bonds is 7. The van der Waals surface area contributed by atoms with Gasteiger partial charge in [-0.3, -0.25) is 14.9 Å². The Hall–Kier alpha value is -2.38. The molecule has 1 fully saturated rings. The van der Waals surface area contributed by atoms with Crippen LogP contribution in [0.4, 0.5) is 9.18 Å². The van der Waals surface area contributed by atoms with Crippen molar-refractivity contribution < 1.29 is 23.8 Å². The van der Waals surface area contributed by atoms with Gasteiger partial charge in [-0.15, -0.1) is 0 Å². The van der Waals surface area contributed by atoms with Crippen molar-refractivity contribution in [2.24, 2.45) is 0 Å². The van der Waals surface area contributed by atoms with E-state index in [2.05, 4.69) is 5.32 Å². The van der Waals surface area contributed by atoms with Gasteiger partial charge in [0, 0.05) is 5.92 Å². The highest BCUT2D eigenvalue weighted by Crippen LogP contribution is 2.24. The first-order valence-corrected chi connectivity index (χ1v) is 9.02. The topological polar surface area (TPSA) is 75.6 Å². The summed E-state index contributed by atoms with van der Waals surface area (Å²) in [4.78, 5) is 22.8. The van der Waals surface area contributed by atoms with Crippen molar-refractivity contribution in [2.45, 2.75) is 17.6 Å². The van der Waals surface area contributed by atoms with Gasteiger partial charge in [0.1, 0.15) is 11.6 Å². The average Bonchev–Trinajstić information content (AvgIpc) is 2.94. The third-order valence-electron chi connectivity index (χ3n) is 4.10. The van der Waals surface area contributed by atoms with Gasteiger partial charge < -0.3 is 9.84 Å². The molecule has 26 heavy (non-hydrogen) atoms. The van der Waals surface area contributed by atoms with Crippen LogP contribution in [-0.4, -0.2) is 34.7 Å². The monoisotopic (exact) mass is 375 g/mol. The van der Waals surface area contributed by atoms with Gasteiger partial charge in [0.15, 0.2) is 0 Å². The van der Waals surface area contributed by atoms with E-state index in [1.807, 2.05) is 12.1 Å². The molecule has 7 heteroatoms. The molecule has 0 aromatic heterocycles. The number of hydrogen-bond donors (Lipinski definition) is 2. The zero-order valence-corrected chi connectivity index (χ0v) is 14.7. The van der Waals surface area contributed by atoms with Crippen LogP contribution >= 0.6 is 11.8 Å². The van der Waals surface area contributed by atoms with Crippen molar-refractivity contribution in [2.75, 3.05) is 13.2 Å². The minimum Gasteiger partial charge on any atom is -0.493 e. The quantitative estimate of drug-likeness (QED) is 0.778. The molecular weight excluding hydrogens is 357 g/mol. The number of nitrogens with one attached hydrogen (secondary N) is 1. The summed E-state index contributed by atoms with van der Waals surface area (Å²) in [5.41, 5.74) is 1.60. The Kier molecular flexibility index (Phi) is 5.90. The Balaban J connectivity index is 1.57. The van der Waals surface area contributed by atoms with Crippen LogP contribution in [0.25, 0.3) is 0 Å². The fourth-order valence-corrected chi connectivity index (χ4v) is 3.53. The minimum atomic E-state index is -0.402. The van der Waals surface area contributed by atoms with Gasteiger partial charge in [0.25, 0.3) is 5.24 Å². The number of halogens is 1. The Morgan fingerprint density at radius 2 is 1.96 bits per heavy atom. The number of hydrogen-bond acceptors (Lipinski definition) is 5. The fraction of sp³-hybridized carbons (Fsp3) is 0.263. The molecule has 0 saturated carbocycles. The van der Waals surface area contributed by atoms with E-state index < -0.39 is 5.25 Å². The molecule has 136 valence electrons. The lowest BCUT2D eigenvalue weighted by Gasteiger charge is -2.16. The van der Waals surface area contributed by atoms with E-state index in [0.717, 1.165) is 17.3 Å². The Labute approximate surface area is 154 Å². The predicted octanol–water partition coefficient (Wildman–Crippen LogP) is 2.87. The minimum absolute atomic E-state index is 0.149. The maximum atomic E-state index is 13.3. The summed E-state index contributed by atoms with van der Waals surface area (Å²) in [6.45, 7) is 0.0677.